The Labute approximate surface area is 113 Å². The first-order valence-electron chi connectivity index (χ1n) is 5.94. The van der Waals surface area contributed by atoms with Crippen LogP contribution in [0.3, 0.4) is 0 Å². The van der Waals surface area contributed by atoms with Crippen molar-refractivity contribution in [2.24, 2.45) is 5.92 Å². The number of rotatable bonds is 4. The highest BCUT2D eigenvalue weighted by Gasteiger charge is 2.42. The third-order valence-corrected chi connectivity index (χ3v) is 3.39. The SMILES string of the molecule is Nc1ncnc(N[C@@H]2C[C@@H](CO)[C@@H](O)[C@H]2O)c1[N+](=O)[O-]. The number of anilines is 2. The molecule has 20 heavy (non-hydrogen) atoms. The molecule has 1 aromatic rings. The number of hydrogen-bond donors (Lipinski definition) is 5. The molecule has 1 fully saturated rings. The number of aliphatic hydroxyl groups is 3. The molecule has 0 spiro atoms. The second kappa shape index (κ2) is 5.53. The molecule has 1 aliphatic carbocycles. The van der Waals surface area contributed by atoms with Gasteiger partial charge in [-0.3, -0.25) is 10.1 Å². The van der Waals surface area contributed by atoms with Crippen LogP contribution in [0.4, 0.5) is 17.3 Å². The van der Waals surface area contributed by atoms with Crippen molar-refractivity contribution in [2.75, 3.05) is 17.7 Å². The minimum Gasteiger partial charge on any atom is -0.396 e. The molecule has 0 amide bonds. The average Bonchev–Trinajstić information content (AvgIpc) is 2.66. The molecule has 0 radical (unpaired) electrons. The summed E-state index contributed by atoms with van der Waals surface area (Å²) in [5.74, 6) is -0.919. The van der Waals surface area contributed by atoms with E-state index >= 15 is 0 Å². The maximum Gasteiger partial charge on any atom is 0.352 e. The quantitative estimate of drug-likeness (QED) is 0.326. The Kier molecular flexibility index (Phi) is 3.97. The Morgan fingerprint density at radius 2 is 2.15 bits per heavy atom. The highest BCUT2D eigenvalue weighted by Crippen LogP contribution is 2.32. The van der Waals surface area contributed by atoms with Crippen LogP contribution < -0.4 is 11.1 Å². The maximum absolute atomic E-state index is 10.9. The third kappa shape index (κ3) is 2.48. The zero-order valence-electron chi connectivity index (χ0n) is 10.4. The summed E-state index contributed by atoms with van der Waals surface area (Å²) in [6, 6.07) is -0.671. The molecule has 110 valence electrons. The molecule has 1 aromatic heterocycles. The van der Waals surface area contributed by atoms with E-state index in [-0.39, 0.29) is 24.7 Å². The van der Waals surface area contributed by atoms with Gasteiger partial charge in [0.05, 0.1) is 17.1 Å². The van der Waals surface area contributed by atoms with E-state index in [2.05, 4.69) is 15.3 Å². The van der Waals surface area contributed by atoms with Crippen LogP contribution in [0.1, 0.15) is 6.42 Å². The number of nitrogens with one attached hydrogen (secondary N) is 1. The number of nitrogen functional groups attached to an aromatic ring is 1. The van der Waals surface area contributed by atoms with Crippen LogP contribution in [0.25, 0.3) is 0 Å². The topological polar surface area (TPSA) is 168 Å². The van der Waals surface area contributed by atoms with E-state index in [9.17, 15) is 20.3 Å². The molecule has 0 bridgehead atoms. The van der Waals surface area contributed by atoms with Crippen LogP contribution >= 0.6 is 0 Å². The summed E-state index contributed by atoms with van der Waals surface area (Å²) in [4.78, 5) is 17.5. The third-order valence-electron chi connectivity index (χ3n) is 3.39. The lowest BCUT2D eigenvalue weighted by molar-refractivity contribution is -0.383. The van der Waals surface area contributed by atoms with Crippen LogP contribution in [-0.2, 0) is 0 Å². The van der Waals surface area contributed by atoms with Gasteiger partial charge in [0.25, 0.3) is 0 Å². The molecule has 0 aromatic carbocycles. The summed E-state index contributed by atoms with van der Waals surface area (Å²) < 4.78 is 0. The van der Waals surface area contributed by atoms with Gasteiger partial charge in [-0.2, -0.15) is 0 Å². The van der Waals surface area contributed by atoms with Gasteiger partial charge >= 0.3 is 5.69 Å². The molecular weight excluding hydrogens is 270 g/mol. The first-order valence-corrected chi connectivity index (χ1v) is 5.94. The maximum atomic E-state index is 10.9. The van der Waals surface area contributed by atoms with Crippen LogP contribution in [0, 0.1) is 16.0 Å². The Morgan fingerprint density at radius 1 is 1.45 bits per heavy atom. The van der Waals surface area contributed by atoms with E-state index in [0.29, 0.717) is 0 Å². The van der Waals surface area contributed by atoms with Crippen molar-refractivity contribution in [1.29, 1.82) is 0 Å². The Morgan fingerprint density at radius 3 is 2.70 bits per heavy atom. The van der Waals surface area contributed by atoms with Crippen LogP contribution in [0.15, 0.2) is 6.33 Å². The standard InChI is InChI=1S/C10H15N5O5/c11-9-6(15(19)20)10(13-3-12-9)14-5-1-4(2-16)7(17)8(5)18/h3-5,7-8,16-18H,1-2H2,(H3,11,12,13,14)/t4-,5+,7+,8-/m0/s1. The number of hydrogen-bond acceptors (Lipinski definition) is 9. The van der Waals surface area contributed by atoms with Crippen molar-refractivity contribution in [3.63, 3.8) is 0 Å². The summed E-state index contributed by atoms with van der Waals surface area (Å²) >= 11 is 0. The van der Waals surface area contributed by atoms with Crippen LogP contribution in [0.2, 0.25) is 0 Å². The van der Waals surface area contributed by atoms with Gasteiger partial charge in [-0.1, -0.05) is 0 Å². The minimum atomic E-state index is -1.16. The molecule has 6 N–H and O–H groups in total. The zero-order chi connectivity index (χ0) is 14.9. The number of aromatic nitrogens is 2. The summed E-state index contributed by atoms with van der Waals surface area (Å²) in [5, 5.41) is 42.2. The predicted octanol–water partition coefficient (Wildman–Crippen LogP) is -1.52. The van der Waals surface area contributed by atoms with E-state index < -0.39 is 34.8 Å². The van der Waals surface area contributed by atoms with E-state index in [1.165, 1.54) is 0 Å². The lowest BCUT2D eigenvalue weighted by atomic mass is 10.1. The highest BCUT2D eigenvalue weighted by molar-refractivity contribution is 5.67. The van der Waals surface area contributed by atoms with Gasteiger partial charge in [-0.05, 0) is 6.42 Å². The monoisotopic (exact) mass is 285 g/mol. The van der Waals surface area contributed by atoms with Crippen molar-refractivity contribution in [3.8, 4) is 0 Å². The van der Waals surface area contributed by atoms with E-state index in [4.69, 9.17) is 10.8 Å². The first-order chi connectivity index (χ1) is 9.45. The predicted molar refractivity (Wildman–Crippen MR) is 67.7 cm³/mol. The molecule has 1 saturated carbocycles. The summed E-state index contributed by atoms with van der Waals surface area (Å²) in [6.07, 6.45) is -0.954. The lowest BCUT2D eigenvalue weighted by Crippen LogP contribution is -2.35. The Bertz CT molecular complexity index is 513. The van der Waals surface area contributed by atoms with E-state index in [0.717, 1.165) is 6.33 Å². The van der Waals surface area contributed by atoms with Crippen molar-refractivity contribution >= 4 is 17.3 Å². The van der Waals surface area contributed by atoms with E-state index in [1.54, 1.807) is 0 Å². The summed E-state index contributed by atoms with van der Waals surface area (Å²) in [6.45, 7) is -0.287. The Hall–Kier alpha value is -2.04. The van der Waals surface area contributed by atoms with E-state index in [1.807, 2.05) is 0 Å². The molecule has 1 aliphatic rings. The van der Waals surface area contributed by atoms with Gasteiger partial charge in [0.1, 0.15) is 12.4 Å². The van der Waals surface area contributed by atoms with Gasteiger partial charge in [-0.25, -0.2) is 9.97 Å². The molecule has 4 atom stereocenters. The fourth-order valence-corrected chi connectivity index (χ4v) is 2.30. The van der Waals surface area contributed by atoms with Gasteiger partial charge in [0.2, 0.25) is 11.6 Å². The van der Waals surface area contributed by atoms with Gasteiger partial charge < -0.3 is 26.4 Å². The second-order valence-corrected chi connectivity index (χ2v) is 4.62. The second-order valence-electron chi connectivity index (χ2n) is 4.62. The van der Waals surface area contributed by atoms with Crippen LogP contribution in [-0.4, -0.2) is 55.1 Å². The van der Waals surface area contributed by atoms with Crippen molar-refractivity contribution in [2.45, 2.75) is 24.7 Å². The number of nitrogens with two attached hydrogens (primary N) is 1. The van der Waals surface area contributed by atoms with Crippen molar-refractivity contribution in [1.82, 2.24) is 9.97 Å². The van der Waals surface area contributed by atoms with Gasteiger partial charge in [-0.15, -0.1) is 0 Å². The van der Waals surface area contributed by atoms with Gasteiger partial charge in [0, 0.05) is 12.5 Å². The highest BCUT2D eigenvalue weighted by atomic mass is 16.6. The van der Waals surface area contributed by atoms with Gasteiger partial charge in [0.15, 0.2) is 0 Å². The minimum absolute atomic E-state index is 0.127. The Balaban J connectivity index is 2.23. The summed E-state index contributed by atoms with van der Waals surface area (Å²) in [7, 11) is 0. The molecule has 0 saturated heterocycles. The zero-order valence-corrected chi connectivity index (χ0v) is 10.4. The fourth-order valence-electron chi connectivity index (χ4n) is 2.30. The molecule has 10 nitrogen and oxygen atoms in total. The number of nitro groups is 1. The lowest BCUT2D eigenvalue weighted by Gasteiger charge is -2.18. The largest absolute Gasteiger partial charge is 0.396 e. The molecule has 0 unspecified atom stereocenters. The van der Waals surface area contributed by atoms with Crippen LogP contribution in [0.5, 0.6) is 0 Å². The fraction of sp³-hybridized carbons (Fsp3) is 0.600. The molecule has 10 heteroatoms. The summed E-state index contributed by atoms with van der Waals surface area (Å²) in [5.41, 5.74) is 4.94. The number of aliphatic hydroxyl groups excluding tert-OH is 3. The average molecular weight is 285 g/mol. The molecule has 2 rings (SSSR count). The van der Waals surface area contributed by atoms with Crippen molar-refractivity contribution < 1.29 is 20.2 Å². The first kappa shape index (κ1) is 14.4. The molecule has 0 aliphatic heterocycles. The smallest absolute Gasteiger partial charge is 0.352 e. The molecular formula is C10H15N5O5. The van der Waals surface area contributed by atoms with Crippen molar-refractivity contribution in [3.05, 3.63) is 16.4 Å². The normalized spacial score (nSPS) is 29.4. The molecule has 1 heterocycles. The number of nitrogens with zero attached hydrogens (tertiary/aromatic N) is 3.